The Morgan fingerprint density at radius 3 is 2.33 bits per heavy atom. The van der Waals surface area contributed by atoms with Crippen LogP contribution in [0.3, 0.4) is 0 Å². The number of amides is 2. The first-order valence-electron chi connectivity index (χ1n) is 10.3. The molecule has 1 fully saturated rings. The van der Waals surface area contributed by atoms with Crippen LogP contribution in [0.1, 0.15) is 39.0 Å². The average molecular weight is 431 g/mol. The number of hydrogen-bond donors (Lipinski definition) is 1. The Morgan fingerprint density at radius 1 is 1.10 bits per heavy atom. The molecule has 1 aliphatic heterocycles. The third-order valence-electron chi connectivity index (χ3n) is 4.78. The van der Waals surface area contributed by atoms with E-state index >= 15 is 0 Å². The van der Waals surface area contributed by atoms with Gasteiger partial charge in [0.2, 0.25) is 5.91 Å². The standard InChI is InChI=1S/C22H30N4O3S/c1-5-16-6-8-17(9-7-16)23-20-24-18(15-30-20)14-19(27)25-10-12-26(13-11-25)21(28)29-22(2,3)4/h6-9,15H,5,10-14H2,1-4H3,(H,23,24). The number of rotatable bonds is 5. The Bertz CT molecular complexity index is 865. The molecule has 1 saturated heterocycles. The molecule has 1 aromatic heterocycles. The lowest BCUT2D eigenvalue weighted by molar-refractivity contribution is -0.132. The number of aryl methyl sites for hydroxylation is 1. The van der Waals surface area contributed by atoms with E-state index in [1.54, 1.807) is 9.80 Å². The number of nitrogens with one attached hydrogen (secondary N) is 1. The van der Waals surface area contributed by atoms with Crippen molar-refractivity contribution in [3.8, 4) is 0 Å². The minimum absolute atomic E-state index is 0.0305. The molecule has 0 aliphatic carbocycles. The molecule has 8 heteroatoms. The molecule has 7 nitrogen and oxygen atoms in total. The Morgan fingerprint density at radius 2 is 1.73 bits per heavy atom. The normalized spacial score (nSPS) is 14.5. The topological polar surface area (TPSA) is 74.8 Å². The molecule has 0 spiro atoms. The number of carbonyl (C=O) groups excluding carboxylic acids is 2. The maximum atomic E-state index is 12.6. The predicted molar refractivity (Wildman–Crippen MR) is 119 cm³/mol. The quantitative estimate of drug-likeness (QED) is 0.774. The van der Waals surface area contributed by atoms with Gasteiger partial charge in [-0.05, 0) is 44.9 Å². The first kappa shape index (κ1) is 22.1. The van der Waals surface area contributed by atoms with Crippen LogP contribution in [0.25, 0.3) is 0 Å². The van der Waals surface area contributed by atoms with Crippen molar-refractivity contribution in [2.45, 2.75) is 46.1 Å². The summed E-state index contributed by atoms with van der Waals surface area (Å²) in [6, 6.07) is 8.26. The summed E-state index contributed by atoms with van der Waals surface area (Å²) in [5, 5.41) is 5.98. The van der Waals surface area contributed by atoms with E-state index < -0.39 is 5.60 Å². The largest absolute Gasteiger partial charge is 0.444 e. The van der Waals surface area contributed by atoms with Gasteiger partial charge in [-0.25, -0.2) is 9.78 Å². The van der Waals surface area contributed by atoms with Crippen LogP contribution in [0.2, 0.25) is 0 Å². The number of nitrogens with zero attached hydrogens (tertiary/aromatic N) is 3. The highest BCUT2D eigenvalue weighted by atomic mass is 32.1. The summed E-state index contributed by atoms with van der Waals surface area (Å²) in [6.45, 7) is 9.67. The minimum Gasteiger partial charge on any atom is -0.444 e. The molecule has 0 radical (unpaired) electrons. The van der Waals surface area contributed by atoms with E-state index in [9.17, 15) is 9.59 Å². The van der Waals surface area contributed by atoms with Gasteiger partial charge in [0.05, 0.1) is 12.1 Å². The van der Waals surface area contributed by atoms with Crippen LogP contribution in [0.5, 0.6) is 0 Å². The number of hydrogen-bond acceptors (Lipinski definition) is 6. The molecule has 1 aliphatic rings. The second kappa shape index (κ2) is 9.47. The zero-order valence-electron chi connectivity index (χ0n) is 18.1. The van der Waals surface area contributed by atoms with Gasteiger partial charge in [-0.1, -0.05) is 19.1 Å². The number of ether oxygens (including phenoxy) is 1. The maximum absolute atomic E-state index is 12.6. The summed E-state index contributed by atoms with van der Waals surface area (Å²) >= 11 is 1.49. The van der Waals surface area contributed by atoms with Crippen molar-refractivity contribution in [2.24, 2.45) is 0 Å². The molecular formula is C22H30N4O3S. The van der Waals surface area contributed by atoms with Crippen molar-refractivity contribution in [1.29, 1.82) is 0 Å². The molecular weight excluding hydrogens is 400 g/mol. The van der Waals surface area contributed by atoms with E-state index in [4.69, 9.17) is 4.74 Å². The first-order chi connectivity index (χ1) is 14.2. The van der Waals surface area contributed by atoms with Crippen molar-refractivity contribution in [3.05, 3.63) is 40.9 Å². The summed E-state index contributed by atoms with van der Waals surface area (Å²) in [5.41, 5.74) is 2.51. The smallest absolute Gasteiger partial charge is 0.410 e. The van der Waals surface area contributed by atoms with Crippen molar-refractivity contribution >= 4 is 34.2 Å². The van der Waals surface area contributed by atoms with Gasteiger partial charge < -0.3 is 19.9 Å². The minimum atomic E-state index is -0.515. The number of anilines is 2. The molecule has 1 aromatic carbocycles. The van der Waals surface area contributed by atoms with Gasteiger partial charge in [-0.2, -0.15) is 0 Å². The second-order valence-electron chi connectivity index (χ2n) is 8.34. The zero-order valence-corrected chi connectivity index (χ0v) is 18.9. The Kier molecular flexibility index (Phi) is 6.97. The molecule has 0 atom stereocenters. The monoisotopic (exact) mass is 430 g/mol. The van der Waals surface area contributed by atoms with Gasteiger partial charge >= 0.3 is 6.09 Å². The van der Waals surface area contributed by atoms with E-state index in [1.807, 2.05) is 38.3 Å². The Hall–Kier alpha value is -2.61. The molecule has 2 aromatic rings. The lowest BCUT2D eigenvalue weighted by atomic mass is 10.1. The van der Waals surface area contributed by atoms with Crippen LogP contribution < -0.4 is 5.32 Å². The SMILES string of the molecule is CCc1ccc(Nc2nc(CC(=O)N3CCN(C(=O)OC(C)(C)C)CC3)cs2)cc1. The Balaban J connectivity index is 1.48. The van der Waals surface area contributed by atoms with Crippen LogP contribution in [-0.2, 0) is 22.4 Å². The van der Waals surface area contributed by atoms with E-state index in [-0.39, 0.29) is 18.4 Å². The fourth-order valence-electron chi connectivity index (χ4n) is 3.12. The average Bonchev–Trinajstić information content (AvgIpc) is 3.14. The van der Waals surface area contributed by atoms with E-state index in [0.717, 1.165) is 22.9 Å². The number of piperazine rings is 1. The molecule has 2 amide bonds. The van der Waals surface area contributed by atoms with Crippen LogP contribution in [0, 0.1) is 0 Å². The van der Waals surface area contributed by atoms with Crippen molar-refractivity contribution in [2.75, 3.05) is 31.5 Å². The van der Waals surface area contributed by atoms with Crippen LogP contribution in [-0.4, -0.2) is 58.6 Å². The second-order valence-corrected chi connectivity index (χ2v) is 9.20. The van der Waals surface area contributed by atoms with E-state index in [0.29, 0.717) is 26.2 Å². The van der Waals surface area contributed by atoms with Crippen LogP contribution in [0.15, 0.2) is 29.6 Å². The molecule has 1 N–H and O–H groups in total. The molecule has 30 heavy (non-hydrogen) atoms. The van der Waals surface area contributed by atoms with E-state index in [1.165, 1.54) is 16.9 Å². The highest BCUT2D eigenvalue weighted by Crippen LogP contribution is 2.22. The lowest BCUT2D eigenvalue weighted by Gasteiger charge is -2.35. The summed E-state index contributed by atoms with van der Waals surface area (Å²) in [7, 11) is 0. The van der Waals surface area contributed by atoms with Gasteiger partial charge in [0.15, 0.2) is 5.13 Å². The zero-order chi connectivity index (χ0) is 21.7. The fraction of sp³-hybridized carbons (Fsp3) is 0.500. The highest BCUT2D eigenvalue weighted by molar-refractivity contribution is 7.13. The van der Waals surface area contributed by atoms with Crippen molar-refractivity contribution < 1.29 is 14.3 Å². The molecule has 0 bridgehead atoms. The fourth-order valence-corrected chi connectivity index (χ4v) is 3.85. The van der Waals surface area contributed by atoms with E-state index in [2.05, 4.69) is 29.4 Å². The van der Waals surface area contributed by atoms with Gasteiger partial charge in [-0.3, -0.25) is 4.79 Å². The van der Waals surface area contributed by atoms with Gasteiger partial charge in [0, 0.05) is 37.2 Å². The molecule has 2 heterocycles. The first-order valence-corrected chi connectivity index (χ1v) is 11.2. The molecule has 3 rings (SSSR count). The summed E-state index contributed by atoms with van der Waals surface area (Å²) in [4.78, 5) is 32.8. The number of benzene rings is 1. The molecule has 162 valence electrons. The summed E-state index contributed by atoms with van der Waals surface area (Å²) in [5.74, 6) is 0.0305. The van der Waals surface area contributed by atoms with Gasteiger partial charge in [0.1, 0.15) is 5.60 Å². The van der Waals surface area contributed by atoms with Gasteiger partial charge in [0.25, 0.3) is 0 Å². The molecule has 0 saturated carbocycles. The highest BCUT2D eigenvalue weighted by Gasteiger charge is 2.27. The maximum Gasteiger partial charge on any atom is 0.410 e. The third kappa shape index (κ3) is 6.19. The van der Waals surface area contributed by atoms with Gasteiger partial charge in [-0.15, -0.1) is 11.3 Å². The predicted octanol–water partition coefficient (Wildman–Crippen LogP) is 4.07. The van der Waals surface area contributed by atoms with Crippen LogP contribution in [0.4, 0.5) is 15.6 Å². The third-order valence-corrected chi connectivity index (χ3v) is 5.59. The number of aromatic nitrogens is 1. The van der Waals surface area contributed by atoms with Crippen molar-refractivity contribution in [1.82, 2.24) is 14.8 Å². The van der Waals surface area contributed by atoms with Crippen molar-refractivity contribution in [3.63, 3.8) is 0 Å². The Labute approximate surface area is 182 Å². The summed E-state index contributed by atoms with van der Waals surface area (Å²) in [6.07, 6.45) is 0.951. The number of carbonyl (C=O) groups is 2. The molecule has 0 unspecified atom stereocenters. The van der Waals surface area contributed by atoms with Crippen LogP contribution >= 0.6 is 11.3 Å². The summed E-state index contributed by atoms with van der Waals surface area (Å²) < 4.78 is 5.40. The number of thiazole rings is 1. The lowest BCUT2D eigenvalue weighted by Crippen LogP contribution is -2.52.